The van der Waals surface area contributed by atoms with E-state index < -0.39 is 0 Å². The van der Waals surface area contributed by atoms with Gasteiger partial charge in [-0.1, -0.05) is 30.3 Å². The second-order valence-corrected chi connectivity index (χ2v) is 5.86. The number of ether oxygens (including phenoxy) is 2. The van der Waals surface area contributed by atoms with Gasteiger partial charge in [-0.3, -0.25) is 9.79 Å². The number of methoxy groups -OCH3 is 2. The van der Waals surface area contributed by atoms with Crippen LogP contribution in [0, 0.1) is 0 Å². The normalized spacial score (nSPS) is 10.6. The van der Waals surface area contributed by atoms with Gasteiger partial charge < -0.3 is 19.9 Å². The van der Waals surface area contributed by atoms with Gasteiger partial charge in [-0.15, -0.1) is 0 Å². The molecular formula is C22H20N2O4. The summed E-state index contributed by atoms with van der Waals surface area (Å²) >= 11 is 0. The zero-order valence-electron chi connectivity index (χ0n) is 15.5. The Morgan fingerprint density at radius 2 is 1.64 bits per heavy atom. The third-order valence-corrected chi connectivity index (χ3v) is 4.06. The highest BCUT2D eigenvalue weighted by Gasteiger charge is 2.14. The van der Waals surface area contributed by atoms with E-state index in [0.717, 1.165) is 0 Å². The Morgan fingerprint density at radius 3 is 2.32 bits per heavy atom. The third-order valence-electron chi connectivity index (χ3n) is 4.06. The molecule has 3 aromatic carbocycles. The summed E-state index contributed by atoms with van der Waals surface area (Å²) in [6.45, 7) is 0. The first kappa shape index (κ1) is 19.0. The molecule has 6 heteroatoms. The van der Waals surface area contributed by atoms with E-state index in [9.17, 15) is 9.90 Å². The molecule has 0 aromatic heterocycles. The van der Waals surface area contributed by atoms with Crippen LogP contribution in [0.2, 0.25) is 0 Å². The van der Waals surface area contributed by atoms with E-state index in [4.69, 9.17) is 9.47 Å². The highest BCUT2D eigenvalue weighted by Crippen LogP contribution is 2.38. The molecule has 0 spiro atoms. The molecule has 3 rings (SSSR count). The van der Waals surface area contributed by atoms with Crippen molar-refractivity contribution in [3.8, 4) is 17.2 Å². The van der Waals surface area contributed by atoms with E-state index in [1.165, 1.54) is 20.4 Å². The van der Waals surface area contributed by atoms with Crippen molar-refractivity contribution in [2.45, 2.75) is 0 Å². The topological polar surface area (TPSA) is 80.2 Å². The number of phenolic OH excluding ortho intramolecular Hbond substituents is 1. The molecule has 3 aromatic rings. The number of nitrogens with one attached hydrogen (secondary N) is 1. The van der Waals surface area contributed by atoms with Crippen LogP contribution < -0.4 is 14.8 Å². The van der Waals surface area contributed by atoms with Crippen LogP contribution in [0.15, 0.2) is 71.7 Å². The molecule has 0 atom stereocenters. The maximum atomic E-state index is 12.5. The Morgan fingerprint density at radius 1 is 0.964 bits per heavy atom. The van der Waals surface area contributed by atoms with Crippen molar-refractivity contribution in [3.63, 3.8) is 0 Å². The molecule has 0 heterocycles. The zero-order valence-corrected chi connectivity index (χ0v) is 15.5. The Balaban J connectivity index is 1.92. The highest BCUT2D eigenvalue weighted by atomic mass is 16.5. The van der Waals surface area contributed by atoms with Crippen LogP contribution in [0.4, 0.5) is 11.4 Å². The molecule has 2 N–H and O–H groups in total. The van der Waals surface area contributed by atoms with Gasteiger partial charge in [0, 0.05) is 29.5 Å². The molecule has 0 saturated carbocycles. The van der Waals surface area contributed by atoms with Crippen LogP contribution in [0.1, 0.15) is 15.9 Å². The number of phenols is 1. The molecule has 0 bridgehead atoms. The average Bonchev–Trinajstić information content (AvgIpc) is 2.74. The monoisotopic (exact) mass is 376 g/mol. The van der Waals surface area contributed by atoms with Crippen molar-refractivity contribution in [1.29, 1.82) is 0 Å². The molecule has 0 aliphatic rings. The average molecular weight is 376 g/mol. The maximum Gasteiger partial charge on any atom is 0.255 e. The zero-order chi connectivity index (χ0) is 19.9. The SMILES string of the molecule is COc1cc(NC(=O)c2ccccc2)c(OC)cc1N=Cc1ccccc1O. The summed E-state index contributed by atoms with van der Waals surface area (Å²) in [6.07, 6.45) is 1.54. The van der Waals surface area contributed by atoms with Gasteiger partial charge in [0.05, 0.1) is 19.9 Å². The first-order valence-corrected chi connectivity index (χ1v) is 8.57. The number of anilines is 1. The maximum absolute atomic E-state index is 12.5. The minimum Gasteiger partial charge on any atom is -0.507 e. The molecule has 0 unspecified atom stereocenters. The highest BCUT2D eigenvalue weighted by molar-refractivity contribution is 6.05. The van der Waals surface area contributed by atoms with Gasteiger partial charge in [0.25, 0.3) is 5.91 Å². The van der Waals surface area contributed by atoms with Crippen LogP contribution in [0.3, 0.4) is 0 Å². The van der Waals surface area contributed by atoms with E-state index in [-0.39, 0.29) is 11.7 Å². The first-order chi connectivity index (χ1) is 13.6. The summed E-state index contributed by atoms with van der Waals surface area (Å²) in [5.74, 6) is 0.765. The molecular weight excluding hydrogens is 356 g/mol. The van der Waals surface area contributed by atoms with Crippen molar-refractivity contribution in [3.05, 3.63) is 77.9 Å². The number of aromatic hydroxyl groups is 1. The Hall–Kier alpha value is -3.80. The molecule has 0 radical (unpaired) electrons. The van der Waals surface area contributed by atoms with Crippen LogP contribution in [0.5, 0.6) is 17.2 Å². The van der Waals surface area contributed by atoms with E-state index in [1.54, 1.807) is 60.7 Å². The molecule has 0 aliphatic carbocycles. The van der Waals surface area contributed by atoms with E-state index >= 15 is 0 Å². The van der Waals surface area contributed by atoms with Gasteiger partial charge in [-0.25, -0.2) is 0 Å². The lowest BCUT2D eigenvalue weighted by molar-refractivity contribution is 0.102. The van der Waals surface area contributed by atoms with Gasteiger partial charge in [-0.05, 0) is 24.3 Å². The van der Waals surface area contributed by atoms with Crippen LogP contribution >= 0.6 is 0 Å². The van der Waals surface area contributed by atoms with Gasteiger partial charge in [-0.2, -0.15) is 0 Å². The fourth-order valence-corrected chi connectivity index (χ4v) is 2.60. The molecule has 28 heavy (non-hydrogen) atoms. The number of aliphatic imine (C=N–C) groups is 1. The van der Waals surface area contributed by atoms with Crippen molar-refractivity contribution in [2.24, 2.45) is 4.99 Å². The summed E-state index contributed by atoms with van der Waals surface area (Å²) in [7, 11) is 3.03. The predicted molar refractivity (Wildman–Crippen MR) is 109 cm³/mol. The van der Waals surface area contributed by atoms with Crippen molar-refractivity contribution >= 4 is 23.5 Å². The number of para-hydroxylation sites is 1. The van der Waals surface area contributed by atoms with Gasteiger partial charge in [0.1, 0.15) is 22.9 Å². The fourth-order valence-electron chi connectivity index (χ4n) is 2.60. The standard InChI is InChI=1S/C22H20N2O4/c1-27-20-13-18(24-22(26)15-8-4-3-5-9-15)21(28-2)12-17(20)23-14-16-10-6-7-11-19(16)25/h3-14,25H,1-2H3,(H,24,26). The lowest BCUT2D eigenvalue weighted by Crippen LogP contribution is -2.12. The molecule has 1 amide bonds. The Kier molecular flexibility index (Phi) is 5.91. The molecule has 142 valence electrons. The number of nitrogens with zero attached hydrogens (tertiary/aromatic N) is 1. The number of hydrogen-bond acceptors (Lipinski definition) is 5. The fraction of sp³-hybridized carbons (Fsp3) is 0.0909. The van der Waals surface area contributed by atoms with Gasteiger partial charge >= 0.3 is 0 Å². The van der Waals surface area contributed by atoms with Gasteiger partial charge in [0.15, 0.2) is 0 Å². The lowest BCUT2D eigenvalue weighted by Gasteiger charge is -2.14. The predicted octanol–water partition coefficient (Wildman–Crippen LogP) is 4.41. The minimum absolute atomic E-state index is 0.129. The van der Waals surface area contributed by atoms with Gasteiger partial charge in [0.2, 0.25) is 0 Å². The summed E-state index contributed by atoms with van der Waals surface area (Å²) in [6, 6.07) is 19.1. The third kappa shape index (κ3) is 4.29. The number of carbonyl (C=O) groups excluding carboxylic acids is 1. The lowest BCUT2D eigenvalue weighted by atomic mass is 10.2. The molecule has 0 fully saturated rings. The van der Waals surface area contributed by atoms with E-state index in [2.05, 4.69) is 10.3 Å². The van der Waals surface area contributed by atoms with Crippen LogP contribution in [-0.2, 0) is 0 Å². The van der Waals surface area contributed by atoms with Crippen LogP contribution in [-0.4, -0.2) is 31.4 Å². The quantitative estimate of drug-likeness (QED) is 0.625. The van der Waals surface area contributed by atoms with E-state index in [0.29, 0.717) is 34.0 Å². The molecule has 0 aliphatic heterocycles. The Labute approximate surface area is 163 Å². The smallest absolute Gasteiger partial charge is 0.255 e. The summed E-state index contributed by atoms with van der Waals surface area (Å²) in [5, 5.41) is 12.7. The second kappa shape index (κ2) is 8.73. The first-order valence-electron chi connectivity index (χ1n) is 8.57. The summed E-state index contributed by atoms with van der Waals surface area (Å²) in [5.41, 5.74) is 2.07. The van der Waals surface area contributed by atoms with Crippen molar-refractivity contribution < 1.29 is 19.4 Å². The van der Waals surface area contributed by atoms with Crippen molar-refractivity contribution in [2.75, 3.05) is 19.5 Å². The second-order valence-electron chi connectivity index (χ2n) is 5.86. The van der Waals surface area contributed by atoms with E-state index in [1.807, 2.05) is 6.07 Å². The minimum atomic E-state index is -0.258. The van der Waals surface area contributed by atoms with Crippen molar-refractivity contribution in [1.82, 2.24) is 0 Å². The summed E-state index contributed by atoms with van der Waals surface area (Å²) < 4.78 is 10.8. The molecule has 6 nitrogen and oxygen atoms in total. The number of rotatable bonds is 6. The number of benzene rings is 3. The Bertz CT molecular complexity index is 1000. The van der Waals surface area contributed by atoms with Crippen LogP contribution in [0.25, 0.3) is 0 Å². The summed E-state index contributed by atoms with van der Waals surface area (Å²) in [4.78, 5) is 16.8. The number of amides is 1. The largest absolute Gasteiger partial charge is 0.507 e. The number of hydrogen-bond donors (Lipinski definition) is 2. The molecule has 0 saturated heterocycles. The number of carbonyl (C=O) groups is 1.